The summed E-state index contributed by atoms with van der Waals surface area (Å²) < 4.78 is 26.7. The van der Waals surface area contributed by atoms with Gasteiger partial charge in [0.25, 0.3) is 0 Å². The molecule has 1 aliphatic carbocycles. The van der Waals surface area contributed by atoms with Crippen molar-refractivity contribution in [1.29, 1.82) is 0 Å². The number of benzene rings is 1. The van der Waals surface area contributed by atoms with Gasteiger partial charge in [-0.2, -0.15) is 0 Å². The molecule has 0 aromatic heterocycles. The van der Waals surface area contributed by atoms with Crippen LogP contribution in [0.3, 0.4) is 0 Å². The van der Waals surface area contributed by atoms with Crippen molar-refractivity contribution in [2.45, 2.75) is 37.8 Å². The van der Waals surface area contributed by atoms with E-state index in [0.717, 1.165) is 31.7 Å². The van der Waals surface area contributed by atoms with Crippen LogP contribution in [0.2, 0.25) is 0 Å². The van der Waals surface area contributed by atoms with E-state index in [-0.39, 0.29) is 12.1 Å². The molecule has 0 saturated heterocycles. The monoisotopic (exact) mass is 255 g/mol. The summed E-state index contributed by atoms with van der Waals surface area (Å²) in [6, 6.07) is 3.62. The largest absolute Gasteiger partial charge is 0.393 e. The summed E-state index contributed by atoms with van der Waals surface area (Å²) in [5.41, 5.74) is 0.514. The minimum Gasteiger partial charge on any atom is -0.393 e. The Morgan fingerprint density at radius 3 is 2.44 bits per heavy atom. The van der Waals surface area contributed by atoms with Crippen molar-refractivity contribution in [2.24, 2.45) is 5.92 Å². The van der Waals surface area contributed by atoms with E-state index in [1.807, 2.05) is 0 Å². The highest BCUT2D eigenvalue weighted by Gasteiger charge is 2.28. The fourth-order valence-electron chi connectivity index (χ4n) is 2.83. The molecule has 100 valence electrons. The second-order valence-corrected chi connectivity index (χ2v) is 5.00. The second kappa shape index (κ2) is 5.76. The highest BCUT2D eigenvalue weighted by Crippen LogP contribution is 2.35. The molecule has 0 heterocycles. The maximum atomic E-state index is 13.8. The maximum Gasteiger partial charge on any atom is 0.130 e. The Labute approximate surface area is 106 Å². The lowest BCUT2D eigenvalue weighted by atomic mass is 9.80. The second-order valence-electron chi connectivity index (χ2n) is 5.00. The Hall–Kier alpha value is -1.00. The van der Waals surface area contributed by atoms with Gasteiger partial charge in [-0.05, 0) is 44.7 Å². The van der Waals surface area contributed by atoms with Gasteiger partial charge < -0.3 is 10.4 Å². The number of hydrogen-bond donors (Lipinski definition) is 2. The molecule has 0 radical (unpaired) electrons. The van der Waals surface area contributed by atoms with Crippen molar-refractivity contribution < 1.29 is 13.9 Å². The molecule has 1 aromatic rings. The lowest BCUT2D eigenvalue weighted by Gasteiger charge is -2.32. The number of nitrogens with one attached hydrogen (secondary N) is 1. The first-order valence-electron chi connectivity index (χ1n) is 6.42. The summed E-state index contributed by atoms with van der Waals surface area (Å²) in [6.45, 7) is 0. The Bertz CT molecular complexity index is 403. The predicted octanol–water partition coefficient (Wildman–Crippen LogP) is 2.78. The topological polar surface area (TPSA) is 32.3 Å². The number of aliphatic hydroxyl groups excluding tert-OH is 1. The lowest BCUT2D eigenvalue weighted by molar-refractivity contribution is 0.0977. The van der Waals surface area contributed by atoms with Crippen LogP contribution in [0.15, 0.2) is 18.2 Å². The van der Waals surface area contributed by atoms with E-state index in [0.29, 0.717) is 11.5 Å². The van der Waals surface area contributed by atoms with Crippen LogP contribution < -0.4 is 5.32 Å². The summed E-state index contributed by atoms with van der Waals surface area (Å²) >= 11 is 0. The molecule has 18 heavy (non-hydrogen) atoms. The minimum absolute atomic E-state index is 0.113. The molecule has 2 rings (SSSR count). The van der Waals surface area contributed by atoms with E-state index in [1.54, 1.807) is 7.05 Å². The van der Waals surface area contributed by atoms with Gasteiger partial charge in [-0.3, -0.25) is 0 Å². The van der Waals surface area contributed by atoms with Crippen LogP contribution in [0.4, 0.5) is 8.78 Å². The summed E-state index contributed by atoms with van der Waals surface area (Å²) in [5.74, 6) is -0.760. The third kappa shape index (κ3) is 2.87. The lowest BCUT2D eigenvalue weighted by Crippen LogP contribution is -2.30. The molecule has 1 atom stereocenters. The number of rotatable bonds is 3. The van der Waals surface area contributed by atoms with Crippen LogP contribution in [0, 0.1) is 17.6 Å². The van der Waals surface area contributed by atoms with Crippen LogP contribution in [-0.2, 0) is 0 Å². The van der Waals surface area contributed by atoms with Crippen molar-refractivity contribution in [2.75, 3.05) is 7.05 Å². The van der Waals surface area contributed by atoms with E-state index < -0.39 is 11.6 Å². The van der Waals surface area contributed by atoms with Gasteiger partial charge in [0.2, 0.25) is 0 Å². The van der Waals surface area contributed by atoms with E-state index in [1.165, 1.54) is 12.1 Å². The van der Waals surface area contributed by atoms with Gasteiger partial charge in [0.1, 0.15) is 11.6 Å². The molecular formula is C14H19F2NO. The zero-order valence-electron chi connectivity index (χ0n) is 10.5. The van der Waals surface area contributed by atoms with Gasteiger partial charge in [-0.15, -0.1) is 0 Å². The van der Waals surface area contributed by atoms with Gasteiger partial charge in [-0.1, -0.05) is 6.07 Å². The summed E-state index contributed by atoms with van der Waals surface area (Å²) in [7, 11) is 1.79. The summed E-state index contributed by atoms with van der Waals surface area (Å²) in [5, 5.41) is 12.6. The van der Waals surface area contributed by atoms with Gasteiger partial charge in [0, 0.05) is 17.7 Å². The molecule has 1 fully saturated rings. The highest BCUT2D eigenvalue weighted by atomic mass is 19.1. The first-order valence-corrected chi connectivity index (χ1v) is 6.42. The molecule has 2 nitrogen and oxygen atoms in total. The van der Waals surface area contributed by atoms with Crippen molar-refractivity contribution in [1.82, 2.24) is 5.32 Å². The van der Waals surface area contributed by atoms with E-state index in [2.05, 4.69) is 5.32 Å². The Morgan fingerprint density at radius 2 is 1.89 bits per heavy atom. The fraction of sp³-hybridized carbons (Fsp3) is 0.571. The average Bonchev–Trinajstić information content (AvgIpc) is 2.35. The third-order valence-corrected chi connectivity index (χ3v) is 3.82. The maximum absolute atomic E-state index is 13.8. The molecule has 0 bridgehead atoms. The molecule has 1 aliphatic rings. The minimum atomic E-state index is -0.551. The van der Waals surface area contributed by atoms with Crippen molar-refractivity contribution >= 4 is 0 Å². The molecule has 1 unspecified atom stereocenters. The van der Waals surface area contributed by atoms with Crippen LogP contribution >= 0.6 is 0 Å². The zero-order valence-corrected chi connectivity index (χ0v) is 10.5. The molecular weight excluding hydrogens is 236 g/mol. The molecule has 0 amide bonds. The van der Waals surface area contributed by atoms with Crippen LogP contribution in [0.25, 0.3) is 0 Å². The molecule has 2 N–H and O–H groups in total. The number of halogens is 2. The number of aliphatic hydroxyl groups is 1. The van der Waals surface area contributed by atoms with Gasteiger partial charge in [0.15, 0.2) is 0 Å². The normalized spacial score (nSPS) is 26.0. The first kappa shape index (κ1) is 13.4. The Balaban J connectivity index is 2.17. The van der Waals surface area contributed by atoms with Crippen molar-refractivity contribution in [3.05, 3.63) is 35.4 Å². The SMILES string of the molecule is CNC(c1ccc(F)cc1F)C1CCC(O)CC1. The Morgan fingerprint density at radius 1 is 1.22 bits per heavy atom. The first-order chi connectivity index (χ1) is 8.61. The zero-order chi connectivity index (χ0) is 13.1. The Kier molecular flexibility index (Phi) is 4.30. The van der Waals surface area contributed by atoms with Crippen LogP contribution in [-0.4, -0.2) is 18.3 Å². The third-order valence-electron chi connectivity index (χ3n) is 3.82. The number of hydrogen-bond acceptors (Lipinski definition) is 2. The highest BCUT2D eigenvalue weighted by molar-refractivity contribution is 5.23. The van der Waals surface area contributed by atoms with E-state index in [9.17, 15) is 13.9 Å². The predicted molar refractivity (Wildman–Crippen MR) is 66.1 cm³/mol. The molecule has 1 aromatic carbocycles. The summed E-state index contributed by atoms with van der Waals surface area (Å²) in [4.78, 5) is 0. The van der Waals surface area contributed by atoms with E-state index in [4.69, 9.17) is 0 Å². The van der Waals surface area contributed by atoms with Gasteiger partial charge >= 0.3 is 0 Å². The molecule has 1 saturated carbocycles. The van der Waals surface area contributed by atoms with E-state index >= 15 is 0 Å². The standard InChI is InChI=1S/C14H19F2NO/c1-17-14(9-2-5-11(18)6-3-9)12-7-4-10(15)8-13(12)16/h4,7-9,11,14,17-18H,2-3,5-6H2,1H3. The van der Waals surface area contributed by atoms with Crippen molar-refractivity contribution in [3.63, 3.8) is 0 Å². The quantitative estimate of drug-likeness (QED) is 0.870. The average molecular weight is 255 g/mol. The fourth-order valence-corrected chi connectivity index (χ4v) is 2.83. The summed E-state index contributed by atoms with van der Waals surface area (Å²) in [6.07, 6.45) is 3.02. The van der Waals surface area contributed by atoms with Crippen LogP contribution in [0.5, 0.6) is 0 Å². The van der Waals surface area contributed by atoms with Crippen LogP contribution in [0.1, 0.15) is 37.3 Å². The molecule has 4 heteroatoms. The molecule has 0 spiro atoms. The smallest absolute Gasteiger partial charge is 0.130 e. The van der Waals surface area contributed by atoms with Gasteiger partial charge in [0.05, 0.1) is 6.10 Å². The molecule has 0 aliphatic heterocycles. The van der Waals surface area contributed by atoms with Crippen molar-refractivity contribution in [3.8, 4) is 0 Å². The van der Waals surface area contributed by atoms with Gasteiger partial charge in [-0.25, -0.2) is 8.78 Å².